The van der Waals surface area contributed by atoms with Crippen LogP contribution in [-0.4, -0.2) is 104 Å². The van der Waals surface area contributed by atoms with Gasteiger partial charge in [-0.2, -0.15) is 9.29 Å². The van der Waals surface area contributed by atoms with Gasteiger partial charge in [0.15, 0.2) is 0 Å². The van der Waals surface area contributed by atoms with Gasteiger partial charge >= 0.3 is 0 Å². The van der Waals surface area contributed by atoms with E-state index in [0.717, 1.165) is 35.6 Å². The summed E-state index contributed by atoms with van der Waals surface area (Å²) in [6, 6.07) is 0.209. The molecule has 0 amide bonds. The molecule has 0 spiro atoms. The lowest BCUT2D eigenvalue weighted by molar-refractivity contribution is 0.0981. The molecule has 12 nitrogen and oxygen atoms in total. The third kappa shape index (κ3) is 4.28. The van der Waals surface area contributed by atoms with Gasteiger partial charge in [-0.3, -0.25) is 0 Å². The van der Waals surface area contributed by atoms with Crippen molar-refractivity contribution < 1.29 is 17.9 Å². The second-order valence-electron chi connectivity index (χ2n) is 8.84. The summed E-state index contributed by atoms with van der Waals surface area (Å²) >= 11 is 0. The van der Waals surface area contributed by atoms with Gasteiger partial charge in [-0.25, -0.2) is 23.4 Å². The van der Waals surface area contributed by atoms with Crippen molar-refractivity contribution in [1.29, 1.82) is 0 Å². The fourth-order valence-electron chi connectivity index (χ4n) is 4.63. The lowest BCUT2D eigenvalue weighted by Crippen LogP contribution is -2.61. The van der Waals surface area contributed by atoms with Gasteiger partial charge in [0, 0.05) is 56.8 Å². The van der Waals surface area contributed by atoms with Crippen LogP contribution in [0.1, 0.15) is 12.5 Å². The molecular weight excluding hydrogens is 460 g/mol. The highest BCUT2D eigenvalue weighted by Crippen LogP contribution is 2.38. The lowest BCUT2D eigenvalue weighted by Gasteiger charge is -2.43. The van der Waals surface area contributed by atoms with Gasteiger partial charge in [-0.15, -0.1) is 0 Å². The Morgan fingerprint density at radius 3 is 2.65 bits per heavy atom. The lowest BCUT2D eigenvalue weighted by atomic mass is 10.1. The molecule has 5 rings (SSSR count). The van der Waals surface area contributed by atoms with Gasteiger partial charge in [-0.05, 0) is 13.3 Å². The van der Waals surface area contributed by atoms with Crippen LogP contribution in [-0.2, 0) is 25.9 Å². The quantitative estimate of drug-likeness (QED) is 0.550. The monoisotopic (exact) mass is 490 g/mol. The third-order valence-corrected chi connectivity index (χ3v) is 8.39. The van der Waals surface area contributed by atoms with E-state index in [1.807, 2.05) is 0 Å². The topological polar surface area (TPSA) is 140 Å². The van der Waals surface area contributed by atoms with Crippen molar-refractivity contribution in [3.05, 3.63) is 18.0 Å². The molecule has 34 heavy (non-hydrogen) atoms. The first-order chi connectivity index (χ1) is 16.4. The summed E-state index contributed by atoms with van der Waals surface area (Å²) in [6.07, 6.45) is 4.14. The highest BCUT2D eigenvalue weighted by Gasteiger charge is 2.42. The SMILES string of the molecule is COCCS(=O)(=O)N1CC(N2CCc3c(-c4cnc(N)nc4)nc(N4CCOC[C@@H]4C)nc32)C1. The Labute approximate surface area is 199 Å². The molecule has 0 aromatic carbocycles. The van der Waals surface area contributed by atoms with Crippen LogP contribution in [0.5, 0.6) is 0 Å². The molecule has 0 saturated carbocycles. The number of sulfonamides is 1. The van der Waals surface area contributed by atoms with E-state index >= 15 is 0 Å². The molecule has 1 atom stereocenters. The molecule has 2 aromatic heterocycles. The number of ether oxygens (including phenoxy) is 2. The van der Waals surface area contributed by atoms with Gasteiger partial charge in [0.25, 0.3) is 0 Å². The summed E-state index contributed by atoms with van der Waals surface area (Å²) in [5, 5.41) is 0. The van der Waals surface area contributed by atoms with Gasteiger partial charge in [0.05, 0.1) is 43.4 Å². The van der Waals surface area contributed by atoms with E-state index in [2.05, 4.69) is 26.7 Å². The van der Waals surface area contributed by atoms with Gasteiger partial charge in [0.1, 0.15) is 5.82 Å². The number of methoxy groups -OCH3 is 1. The standard InChI is InChI=1S/C21H30N8O4S/c1-14-13-33-6-5-28(14)21-25-18(15-9-23-20(22)24-10-15)17-3-4-29(19(17)26-21)16-11-27(12-16)34(30,31)8-7-32-2/h9-10,14,16H,3-8,11-13H2,1-2H3,(H2,22,23,24)/t14-/m0/s1. The zero-order valence-electron chi connectivity index (χ0n) is 19.4. The molecule has 3 aliphatic rings. The maximum Gasteiger partial charge on any atom is 0.228 e. The summed E-state index contributed by atoms with van der Waals surface area (Å²) in [5.41, 5.74) is 8.31. The van der Waals surface area contributed by atoms with Gasteiger partial charge in [0.2, 0.25) is 21.9 Å². The van der Waals surface area contributed by atoms with Crippen LogP contribution in [0.2, 0.25) is 0 Å². The number of hydrogen-bond donors (Lipinski definition) is 1. The second-order valence-corrected chi connectivity index (χ2v) is 10.9. The van der Waals surface area contributed by atoms with Crippen molar-refractivity contribution in [2.24, 2.45) is 0 Å². The number of aromatic nitrogens is 4. The normalized spacial score (nSPS) is 21.5. The third-order valence-electron chi connectivity index (χ3n) is 6.63. The molecule has 0 aliphatic carbocycles. The summed E-state index contributed by atoms with van der Waals surface area (Å²) in [4.78, 5) is 22.6. The number of nitrogens with two attached hydrogens (primary N) is 1. The second kappa shape index (κ2) is 9.21. The molecule has 0 bridgehead atoms. The first-order valence-electron chi connectivity index (χ1n) is 11.4. The highest BCUT2D eigenvalue weighted by molar-refractivity contribution is 7.89. The Morgan fingerprint density at radius 1 is 1.18 bits per heavy atom. The van der Waals surface area contributed by atoms with Crippen molar-refractivity contribution in [2.45, 2.75) is 25.4 Å². The zero-order valence-corrected chi connectivity index (χ0v) is 20.2. The van der Waals surface area contributed by atoms with Crippen LogP contribution in [0.4, 0.5) is 17.7 Å². The molecule has 3 aliphatic heterocycles. The molecule has 13 heteroatoms. The molecule has 0 radical (unpaired) electrons. The number of nitrogen functional groups attached to an aromatic ring is 1. The minimum Gasteiger partial charge on any atom is -0.384 e. The Balaban J connectivity index is 1.46. The van der Waals surface area contributed by atoms with Crippen LogP contribution >= 0.6 is 0 Å². The smallest absolute Gasteiger partial charge is 0.228 e. The van der Waals surface area contributed by atoms with E-state index in [9.17, 15) is 8.42 Å². The van der Waals surface area contributed by atoms with Crippen molar-refractivity contribution >= 4 is 27.7 Å². The number of nitrogens with zero attached hydrogens (tertiary/aromatic N) is 7. The molecule has 0 unspecified atom stereocenters. The maximum absolute atomic E-state index is 12.5. The molecule has 5 heterocycles. The Morgan fingerprint density at radius 2 is 1.94 bits per heavy atom. The Bertz CT molecular complexity index is 1140. The first kappa shape index (κ1) is 23.1. The van der Waals surface area contributed by atoms with E-state index in [4.69, 9.17) is 25.2 Å². The summed E-state index contributed by atoms with van der Waals surface area (Å²) in [7, 11) is -1.81. The summed E-state index contributed by atoms with van der Waals surface area (Å²) in [5.74, 6) is 1.70. The van der Waals surface area contributed by atoms with E-state index in [1.165, 1.54) is 11.4 Å². The molecule has 2 saturated heterocycles. The van der Waals surface area contributed by atoms with Crippen molar-refractivity contribution in [3.63, 3.8) is 0 Å². The Hall–Kier alpha value is -2.61. The van der Waals surface area contributed by atoms with Crippen LogP contribution in [0.25, 0.3) is 11.3 Å². The highest BCUT2D eigenvalue weighted by atomic mass is 32.2. The summed E-state index contributed by atoms with van der Waals surface area (Å²) < 4.78 is 37.1. The number of anilines is 3. The first-order valence-corrected chi connectivity index (χ1v) is 13.0. The number of morpholine rings is 1. The fourth-order valence-corrected chi connectivity index (χ4v) is 6.07. The van der Waals surface area contributed by atoms with Crippen LogP contribution in [0.3, 0.4) is 0 Å². The largest absolute Gasteiger partial charge is 0.384 e. The molecule has 2 aromatic rings. The summed E-state index contributed by atoms with van der Waals surface area (Å²) in [6.45, 7) is 5.86. The molecular formula is C21H30N8O4S. The van der Waals surface area contributed by atoms with E-state index in [1.54, 1.807) is 12.4 Å². The average molecular weight is 491 g/mol. The van der Waals surface area contributed by atoms with E-state index < -0.39 is 10.0 Å². The average Bonchev–Trinajstić information content (AvgIpc) is 3.20. The number of rotatable bonds is 7. The minimum absolute atomic E-state index is 0.00463. The zero-order chi connectivity index (χ0) is 23.9. The number of hydrogen-bond acceptors (Lipinski definition) is 11. The molecule has 184 valence electrons. The molecule has 2 N–H and O–H groups in total. The van der Waals surface area contributed by atoms with Crippen molar-refractivity contribution in [2.75, 3.05) is 74.4 Å². The number of fused-ring (bicyclic) bond motifs is 1. The van der Waals surface area contributed by atoms with Crippen molar-refractivity contribution in [1.82, 2.24) is 24.2 Å². The predicted octanol–water partition coefficient (Wildman–Crippen LogP) is -0.236. The minimum atomic E-state index is -3.31. The Kier molecular flexibility index (Phi) is 6.27. The van der Waals surface area contributed by atoms with E-state index in [-0.39, 0.29) is 30.4 Å². The fraction of sp³-hybridized carbons (Fsp3) is 0.619. The maximum atomic E-state index is 12.5. The predicted molar refractivity (Wildman–Crippen MR) is 127 cm³/mol. The van der Waals surface area contributed by atoms with Crippen LogP contribution in [0.15, 0.2) is 12.4 Å². The van der Waals surface area contributed by atoms with Gasteiger partial charge < -0.3 is 25.0 Å². The van der Waals surface area contributed by atoms with Crippen LogP contribution < -0.4 is 15.5 Å². The van der Waals surface area contributed by atoms with Gasteiger partial charge in [-0.1, -0.05) is 0 Å². The van der Waals surface area contributed by atoms with E-state index in [0.29, 0.717) is 38.8 Å². The molecule has 2 fully saturated rings. The van der Waals surface area contributed by atoms with Crippen LogP contribution in [0, 0.1) is 0 Å². The van der Waals surface area contributed by atoms with Crippen molar-refractivity contribution in [3.8, 4) is 11.3 Å².